The van der Waals surface area contributed by atoms with E-state index in [1.54, 1.807) is 0 Å². The van der Waals surface area contributed by atoms with Crippen molar-refractivity contribution in [2.24, 2.45) is 11.7 Å². The molecule has 0 aliphatic carbocycles. The molecule has 1 aromatic carbocycles. The molecule has 0 aromatic heterocycles. The average Bonchev–Trinajstić information content (AvgIpc) is 2.44. The molecule has 1 unspecified atom stereocenters. The second kappa shape index (κ2) is 7.13. The Kier molecular flexibility index (Phi) is 5.52. The monoisotopic (exact) mass is 311 g/mol. The number of carbonyl (C=O) groups excluding carboxylic acids is 1. The lowest BCUT2D eigenvalue weighted by molar-refractivity contribution is -0.384. The molecule has 10 nitrogen and oxygen atoms in total. The van der Waals surface area contributed by atoms with E-state index >= 15 is 0 Å². The zero-order valence-electron chi connectivity index (χ0n) is 11.1. The lowest BCUT2D eigenvalue weighted by Crippen LogP contribution is -2.46. The summed E-state index contributed by atoms with van der Waals surface area (Å²) >= 11 is 0. The second-order valence-electron chi connectivity index (χ2n) is 4.36. The maximum absolute atomic E-state index is 11.8. The normalized spacial score (nSPS) is 13.0. The zero-order chi connectivity index (χ0) is 16.9. The fourth-order valence-corrected chi connectivity index (χ4v) is 1.63. The average molecular weight is 311 g/mol. The quantitative estimate of drug-likeness (QED) is 0.403. The largest absolute Gasteiger partial charge is 0.481 e. The van der Waals surface area contributed by atoms with E-state index in [2.05, 4.69) is 5.32 Å². The van der Waals surface area contributed by atoms with Gasteiger partial charge in [-0.15, -0.1) is 0 Å². The Morgan fingerprint density at radius 2 is 1.77 bits per heavy atom. The zero-order valence-corrected chi connectivity index (χ0v) is 11.1. The summed E-state index contributed by atoms with van der Waals surface area (Å²) in [5, 5.41) is 30.3. The number of nitrogens with zero attached hydrogens (tertiary/aromatic N) is 1. The number of carbonyl (C=O) groups is 3. The van der Waals surface area contributed by atoms with Crippen LogP contribution >= 0.6 is 0 Å². The molecule has 118 valence electrons. The minimum atomic E-state index is -1.59. The fraction of sp³-hybridized carbons (Fsp3) is 0.250. The number of aliphatic carboxylic acids is 2. The Morgan fingerprint density at radius 1 is 1.23 bits per heavy atom. The number of rotatable bonds is 7. The van der Waals surface area contributed by atoms with Crippen molar-refractivity contribution in [3.8, 4) is 0 Å². The molecule has 0 fully saturated rings. The van der Waals surface area contributed by atoms with Crippen LogP contribution in [0.25, 0.3) is 0 Å². The summed E-state index contributed by atoms with van der Waals surface area (Å²) < 4.78 is 0. The van der Waals surface area contributed by atoms with Gasteiger partial charge in [0.2, 0.25) is 5.91 Å². The fourth-order valence-electron chi connectivity index (χ4n) is 1.63. The van der Waals surface area contributed by atoms with Gasteiger partial charge in [0.15, 0.2) is 0 Å². The van der Waals surface area contributed by atoms with E-state index in [0.29, 0.717) is 0 Å². The molecule has 0 aliphatic rings. The molecule has 5 N–H and O–H groups in total. The summed E-state index contributed by atoms with van der Waals surface area (Å²) in [6.45, 7) is 0. The van der Waals surface area contributed by atoms with Gasteiger partial charge < -0.3 is 21.3 Å². The molecule has 0 heterocycles. The highest BCUT2D eigenvalue weighted by Gasteiger charge is 2.32. The first-order valence-corrected chi connectivity index (χ1v) is 5.98. The van der Waals surface area contributed by atoms with Crippen molar-refractivity contribution in [3.63, 3.8) is 0 Å². The minimum absolute atomic E-state index is 0.172. The van der Waals surface area contributed by atoms with Crippen molar-refractivity contribution in [2.75, 3.05) is 5.32 Å². The summed E-state index contributed by atoms with van der Waals surface area (Å²) in [5.74, 6) is -5.39. The van der Waals surface area contributed by atoms with Gasteiger partial charge in [0.1, 0.15) is 0 Å². The molecule has 0 radical (unpaired) electrons. The van der Waals surface area contributed by atoms with Gasteiger partial charge in [0, 0.05) is 17.8 Å². The van der Waals surface area contributed by atoms with Crippen molar-refractivity contribution in [2.45, 2.75) is 12.5 Å². The summed E-state index contributed by atoms with van der Waals surface area (Å²) in [5.41, 5.74) is 5.46. The van der Waals surface area contributed by atoms with E-state index in [1.165, 1.54) is 12.1 Å². The van der Waals surface area contributed by atoms with Gasteiger partial charge in [-0.25, -0.2) is 0 Å². The molecule has 1 rings (SSSR count). The number of nitrogens with two attached hydrogens (primary N) is 1. The van der Waals surface area contributed by atoms with Gasteiger partial charge in [-0.05, 0) is 12.1 Å². The molecular formula is C12H13N3O7. The number of nitro benzene ring substituents is 1. The Morgan fingerprint density at radius 3 is 2.18 bits per heavy atom. The molecule has 22 heavy (non-hydrogen) atoms. The van der Waals surface area contributed by atoms with Crippen LogP contribution in [0.1, 0.15) is 6.42 Å². The summed E-state index contributed by atoms with van der Waals surface area (Å²) in [6.07, 6.45) is -0.801. The summed E-state index contributed by atoms with van der Waals surface area (Å²) in [6, 6.07) is 3.20. The number of hydrogen-bond donors (Lipinski definition) is 4. The smallest absolute Gasteiger partial charge is 0.309 e. The maximum Gasteiger partial charge on any atom is 0.309 e. The lowest BCUT2D eigenvalue weighted by Gasteiger charge is -2.18. The molecule has 0 bridgehead atoms. The van der Waals surface area contributed by atoms with Crippen LogP contribution < -0.4 is 11.1 Å². The molecule has 2 atom stereocenters. The van der Waals surface area contributed by atoms with Gasteiger partial charge in [0.25, 0.3) is 5.69 Å². The third-order valence-electron chi connectivity index (χ3n) is 2.79. The molecule has 0 aliphatic heterocycles. The first-order valence-electron chi connectivity index (χ1n) is 5.98. The van der Waals surface area contributed by atoms with Crippen LogP contribution in [-0.4, -0.2) is 39.0 Å². The van der Waals surface area contributed by atoms with Crippen LogP contribution in [-0.2, 0) is 14.4 Å². The predicted octanol–water partition coefficient (Wildman–Crippen LogP) is 0.0361. The van der Waals surface area contributed by atoms with Crippen LogP contribution in [0.2, 0.25) is 0 Å². The van der Waals surface area contributed by atoms with E-state index in [1.807, 2.05) is 0 Å². The highest BCUT2D eigenvalue weighted by molar-refractivity contribution is 5.98. The van der Waals surface area contributed by atoms with Crippen LogP contribution in [0.3, 0.4) is 0 Å². The number of amides is 1. The van der Waals surface area contributed by atoms with Crippen molar-refractivity contribution in [1.82, 2.24) is 0 Å². The maximum atomic E-state index is 11.8. The van der Waals surface area contributed by atoms with Gasteiger partial charge in [-0.1, -0.05) is 0 Å². The minimum Gasteiger partial charge on any atom is -0.481 e. The topological polar surface area (TPSA) is 173 Å². The van der Waals surface area contributed by atoms with E-state index < -0.39 is 41.1 Å². The summed E-state index contributed by atoms with van der Waals surface area (Å²) in [7, 11) is 0. The first-order chi connectivity index (χ1) is 10.2. The highest BCUT2D eigenvalue weighted by atomic mass is 16.6. The first kappa shape index (κ1) is 17.0. The van der Waals surface area contributed by atoms with Gasteiger partial charge in [-0.3, -0.25) is 24.5 Å². The number of benzene rings is 1. The standard InChI is InChI=1S/C12H13N3O7/c13-10(8(12(19)20)5-9(16)17)11(18)14-6-1-3-7(4-2-6)15(21)22/h1-4,8,10H,5,13H2,(H,14,18)(H,16,17)(H,19,20)/t8?,10-/m0/s1. The number of nitro groups is 1. The molecule has 0 spiro atoms. The van der Waals surface area contributed by atoms with Crippen LogP contribution in [0, 0.1) is 16.0 Å². The number of carboxylic acids is 2. The van der Waals surface area contributed by atoms with Crippen LogP contribution in [0.15, 0.2) is 24.3 Å². The van der Waals surface area contributed by atoms with Gasteiger partial charge in [0.05, 0.1) is 23.3 Å². The number of carboxylic acid groups (broad SMARTS) is 2. The molecule has 10 heteroatoms. The van der Waals surface area contributed by atoms with E-state index in [4.69, 9.17) is 15.9 Å². The molecule has 1 amide bonds. The summed E-state index contributed by atoms with van der Waals surface area (Å²) in [4.78, 5) is 43.2. The molecule has 0 saturated heterocycles. The van der Waals surface area contributed by atoms with Gasteiger partial charge >= 0.3 is 11.9 Å². The number of nitrogens with one attached hydrogen (secondary N) is 1. The Hall–Kier alpha value is -3.01. The van der Waals surface area contributed by atoms with Crippen LogP contribution in [0.4, 0.5) is 11.4 Å². The third-order valence-corrected chi connectivity index (χ3v) is 2.79. The second-order valence-corrected chi connectivity index (χ2v) is 4.36. The lowest BCUT2D eigenvalue weighted by atomic mass is 9.96. The van der Waals surface area contributed by atoms with Crippen molar-refractivity contribution < 1.29 is 29.5 Å². The Bertz CT molecular complexity index is 599. The molecule has 1 aromatic rings. The van der Waals surface area contributed by atoms with E-state index in [0.717, 1.165) is 12.1 Å². The number of anilines is 1. The Balaban J connectivity index is 2.79. The molecule has 0 saturated carbocycles. The number of non-ortho nitro benzene ring substituents is 1. The molecular weight excluding hydrogens is 298 g/mol. The third kappa shape index (κ3) is 4.52. The Labute approximate surface area is 123 Å². The van der Waals surface area contributed by atoms with Crippen molar-refractivity contribution in [3.05, 3.63) is 34.4 Å². The SMILES string of the molecule is N[C@H](C(=O)Nc1ccc([N+](=O)[O-])cc1)C(CC(=O)O)C(=O)O. The van der Waals surface area contributed by atoms with Crippen molar-refractivity contribution in [1.29, 1.82) is 0 Å². The van der Waals surface area contributed by atoms with E-state index in [9.17, 15) is 24.5 Å². The number of hydrogen-bond acceptors (Lipinski definition) is 6. The van der Waals surface area contributed by atoms with E-state index in [-0.39, 0.29) is 11.4 Å². The van der Waals surface area contributed by atoms with Crippen LogP contribution in [0.5, 0.6) is 0 Å². The predicted molar refractivity (Wildman–Crippen MR) is 73.1 cm³/mol. The van der Waals surface area contributed by atoms with Gasteiger partial charge in [-0.2, -0.15) is 0 Å². The highest BCUT2D eigenvalue weighted by Crippen LogP contribution is 2.16. The van der Waals surface area contributed by atoms with Crippen molar-refractivity contribution >= 4 is 29.2 Å².